The lowest BCUT2D eigenvalue weighted by Gasteiger charge is -2.23. The van der Waals surface area contributed by atoms with Crippen LogP contribution in [0.5, 0.6) is 0 Å². The number of nitrogens with one attached hydrogen (secondary N) is 1. The topological polar surface area (TPSA) is 12.0 Å². The van der Waals surface area contributed by atoms with Crippen LogP contribution in [0, 0.1) is 0 Å². The van der Waals surface area contributed by atoms with Gasteiger partial charge in [0.25, 0.3) is 0 Å². The highest BCUT2D eigenvalue weighted by molar-refractivity contribution is 8.00. The summed E-state index contributed by atoms with van der Waals surface area (Å²) in [6.07, 6.45) is 1.24. The van der Waals surface area contributed by atoms with Gasteiger partial charge < -0.3 is 5.32 Å². The smallest absolute Gasteiger partial charge is 0.0438 e. The summed E-state index contributed by atoms with van der Waals surface area (Å²) in [4.78, 5) is 0. The van der Waals surface area contributed by atoms with Crippen LogP contribution in [-0.4, -0.2) is 17.0 Å². The molecule has 0 aliphatic carbocycles. The van der Waals surface area contributed by atoms with Crippen LogP contribution < -0.4 is 5.32 Å². The van der Waals surface area contributed by atoms with E-state index in [4.69, 9.17) is 11.6 Å². The Kier molecular flexibility index (Phi) is 4.17. The largest absolute Gasteiger partial charge is 0.309 e. The van der Waals surface area contributed by atoms with Crippen LogP contribution in [0.3, 0.4) is 0 Å². The molecule has 1 fully saturated rings. The summed E-state index contributed by atoms with van der Waals surface area (Å²) in [5.41, 5.74) is 1.31. The first-order valence-electron chi connectivity index (χ1n) is 5.81. The highest BCUT2D eigenvalue weighted by Gasteiger charge is 2.24. The van der Waals surface area contributed by atoms with E-state index in [2.05, 4.69) is 43.1 Å². The molecule has 0 saturated carbocycles. The third-order valence-electron chi connectivity index (χ3n) is 3.04. The molecule has 1 aromatic carbocycles. The van der Waals surface area contributed by atoms with E-state index in [1.807, 2.05) is 12.1 Å². The Morgan fingerprint density at radius 1 is 1.38 bits per heavy atom. The van der Waals surface area contributed by atoms with Crippen molar-refractivity contribution in [2.24, 2.45) is 0 Å². The van der Waals surface area contributed by atoms with Gasteiger partial charge in [0, 0.05) is 21.6 Å². The molecule has 1 nitrogen and oxygen atoms in total. The van der Waals surface area contributed by atoms with Crippen molar-refractivity contribution in [3.05, 3.63) is 34.9 Å². The van der Waals surface area contributed by atoms with Gasteiger partial charge in [0.05, 0.1) is 0 Å². The van der Waals surface area contributed by atoms with Gasteiger partial charge in [-0.2, -0.15) is 11.8 Å². The van der Waals surface area contributed by atoms with Crippen molar-refractivity contribution in [3.8, 4) is 0 Å². The quantitative estimate of drug-likeness (QED) is 0.817. The van der Waals surface area contributed by atoms with Crippen LogP contribution in [0.1, 0.15) is 31.9 Å². The molecular formula is C13H18ClNS. The number of hydrogen-bond donors (Lipinski definition) is 1. The van der Waals surface area contributed by atoms with Crippen LogP contribution >= 0.6 is 23.4 Å². The van der Waals surface area contributed by atoms with E-state index in [9.17, 15) is 0 Å². The Bertz CT molecular complexity index is 356. The molecule has 1 aromatic rings. The second-order valence-electron chi connectivity index (χ2n) is 4.43. The lowest BCUT2D eigenvalue weighted by atomic mass is 10.0. The van der Waals surface area contributed by atoms with Crippen LogP contribution in [0.2, 0.25) is 5.02 Å². The van der Waals surface area contributed by atoms with Crippen LogP contribution in [0.15, 0.2) is 24.3 Å². The Morgan fingerprint density at radius 3 is 2.94 bits per heavy atom. The minimum absolute atomic E-state index is 0.425. The van der Waals surface area contributed by atoms with Gasteiger partial charge in [0.15, 0.2) is 0 Å². The molecule has 0 amide bonds. The predicted octanol–water partition coefficient (Wildman–Crippen LogP) is 3.88. The van der Waals surface area contributed by atoms with E-state index in [1.165, 1.54) is 12.0 Å². The van der Waals surface area contributed by atoms with Gasteiger partial charge >= 0.3 is 0 Å². The lowest BCUT2D eigenvalue weighted by molar-refractivity contribution is 0.535. The van der Waals surface area contributed by atoms with Gasteiger partial charge in [-0.3, -0.25) is 0 Å². The molecule has 1 aliphatic heterocycles. The molecule has 3 unspecified atom stereocenters. The van der Waals surface area contributed by atoms with E-state index in [0.717, 1.165) is 16.8 Å². The highest BCUT2D eigenvalue weighted by Crippen LogP contribution is 2.33. The van der Waals surface area contributed by atoms with Gasteiger partial charge in [0.2, 0.25) is 0 Å². The fourth-order valence-electron chi connectivity index (χ4n) is 2.21. The SMILES string of the molecule is CC1CCNC(c2cccc(Cl)c2)C(C)S1. The monoisotopic (exact) mass is 255 g/mol. The molecule has 1 N–H and O–H groups in total. The zero-order valence-corrected chi connectivity index (χ0v) is 11.3. The summed E-state index contributed by atoms with van der Waals surface area (Å²) in [5, 5.41) is 5.79. The molecule has 16 heavy (non-hydrogen) atoms. The van der Waals surface area contributed by atoms with Crippen molar-refractivity contribution < 1.29 is 0 Å². The second-order valence-corrected chi connectivity index (χ2v) is 6.68. The maximum Gasteiger partial charge on any atom is 0.0438 e. The molecule has 1 saturated heterocycles. The lowest BCUT2D eigenvalue weighted by Crippen LogP contribution is -2.27. The maximum atomic E-state index is 6.05. The highest BCUT2D eigenvalue weighted by atomic mass is 35.5. The van der Waals surface area contributed by atoms with Crippen molar-refractivity contribution in [2.45, 2.75) is 36.8 Å². The molecule has 1 aliphatic rings. The summed E-state index contributed by atoms with van der Waals surface area (Å²) < 4.78 is 0. The number of halogens is 1. The van der Waals surface area contributed by atoms with Crippen molar-refractivity contribution in [2.75, 3.05) is 6.54 Å². The van der Waals surface area contributed by atoms with E-state index in [-0.39, 0.29) is 0 Å². The zero-order valence-electron chi connectivity index (χ0n) is 9.74. The van der Waals surface area contributed by atoms with Gasteiger partial charge in [-0.1, -0.05) is 37.6 Å². The Hall–Kier alpha value is -0.180. The van der Waals surface area contributed by atoms with E-state index in [0.29, 0.717) is 11.3 Å². The fourth-order valence-corrected chi connectivity index (χ4v) is 3.81. The number of hydrogen-bond acceptors (Lipinski definition) is 2. The summed E-state index contributed by atoms with van der Waals surface area (Å²) >= 11 is 8.11. The van der Waals surface area contributed by atoms with E-state index in [1.54, 1.807) is 0 Å². The average molecular weight is 256 g/mol. The molecule has 88 valence electrons. The van der Waals surface area contributed by atoms with Gasteiger partial charge in [0.1, 0.15) is 0 Å². The molecule has 0 bridgehead atoms. The molecule has 0 spiro atoms. The van der Waals surface area contributed by atoms with Crippen LogP contribution in [0.4, 0.5) is 0 Å². The number of rotatable bonds is 1. The van der Waals surface area contributed by atoms with Crippen molar-refractivity contribution in [1.82, 2.24) is 5.32 Å². The summed E-state index contributed by atoms with van der Waals surface area (Å²) in [6, 6.07) is 8.63. The van der Waals surface area contributed by atoms with Gasteiger partial charge in [-0.05, 0) is 30.7 Å². The molecule has 2 rings (SSSR count). The molecule has 1 heterocycles. The first kappa shape index (κ1) is 12.3. The van der Waals surface area contributed by atoms with Crippen molar-refractivity contribution in [3.63, 3.8) is 0 Å². The molecule has 3 atom stereocenters. The molecule has 0 aromatic heterocycles. The van der Waals surface area contributed by atoms with Crippen LogP contribution in [0.25, 0.3) is 0 Å². The van der Waals surface area contributed by atoms with Crippen molar-refractivity contribution >= 4 is 23.4 Å². The first-order valence-corrected chi connectivity index (χ1v) is 7.13. The minimum Gasteiger partial charge on any atom is -0.309 e. The zero-order chi connectivity index (χ0) is 11.5. The fraction of sp³-hybridized carbons (Fsp3) is 0.538. The van der Waals surface area contributed by atoms with Gasteiger partial charge in [-0.15, -0.1) is 0 Å². The first-order chi connectivity index (χ1) is 7.66. The third kappa shape index (κ3) is 2.93. The summed E-state index contributed by atoms with van der Waals surface area (Å²) in [7, 11) is 0. The third-order valence-corrected chi connectivity index (χ3v) is 4.68. The van der Waals surface area contributed by atoms with E-state index < -0.39 is 0 Å². The Labute approximate surface area is 107 Å². The van der Waals surface area contributed by atoms with E-state index >= 15 is 0 Å². The number of thioether (sulfide) groups is 1. The van der Waals surface area contributed by atoms with Crippen molar-refractivity contribution in [1.29, 1.82) is 0 Å². The Morgan fingerprint density at radius 2 is 2.19 bits per heavy atom. The molecular weight excluding hydrogens is 238 g/mol. The van der Waals surface area contributed by atoms with Crippen LogP contribution in [-0.2, 0) is 0 Å². The van der Waals surface area contributed by atoms with Gasteiger partial charge in [-0.25, -0.2) is 0 Å². The predicted molar refractivity (Wildman–Crippen MR) is 73.3 cm³/mol. The number of benzene rings is 1. The Balaban J connectivity index is 2.19. The standard InChI is InChI=1S/C13H18ClNS/c1-9-6-7-15-13(10(2)16-9)11-4-3-5-12(14)8-11/h3-5,8-10,13,15H,6-7H2,1-2H3. The second kappa shape index (κ2) is 5.44. The summed E-state index contributed by atoms with van der Waals surface area (Å²) in [5.74, 6) is 0. The average Bonchev–Trinajstić information content (AvgIpc) is 2.39. The summed E-state index contributed by atoms with van der Waals surface area (Å²) in [6.45, 7) is 5.70. The normalized spacial score (nSPS) is 31.1. The molecule has 0 radical (unpaired) electrons. The molecule has 3 heteroatoms. The maximum absolute atomic E-state index is 6.05. The minimum atomic E-state index is 0.425.